The number of ether oxygens (including phenoxy) is 2. The lowest BCUT2D eigenvalue weighted by atomic mass is 9.98. The van der Waals surface area contributed by atoms with Crippen molar-refractivity contribution in [3.05, 3.63) is 0 Å². The second-order valence-electron chi connectivity index (χ2n) is 6.90. The molecular formula is C16H32N2O3. The van der Waals surface area contributed by atoms with Crippen molar-refractivity contribution in [1.29, 1.82) is 0 Å². The van der Waals surface area contributed by atoms with Crippen LogP contribution in [0.4, 0.5) is 4.79 Å². The minimum Gasteiger partial charge on any atom is -0.444 e. The fourth-order valence-corrected chi connectivity index (χ4v) is 2.58. The van der Waals surface area contributed by atoms with Gasteiger partial charge in [0.1, 0.15) is 5.60 Å². The van der Waals surface area contributed by atoms with Gasteiger partial charge in [0, 0.05) is 26.2 Å². The Labute approximate surface area is 129 Å². The lowest BCUT2D eigenvalue weighted by Crippen LogP contribution is -2.46. The summed E-state index contributed by atoms with van der Waals surface area (Å²) >= 11 is 0. The van der Waals surface area contributed by atoms with E-state index in [1.807, 2.05) is 25.7 Å². The Morgan fingerprint density at radius 1 is 1.43 bits per heavy atom. The number of amides is 1. The van der Waals surface area contributed by atoms with Gasteiger partial charge in [-0.2, -0.15) is 0 Å². The molecule has 1 rings (SSSR count). The fourth-order valence-electron chi connectivity index (χ4n) is 2.58. The summed E-state index contributed by atoms with van der Waals surface area (Å²) in [5, 5.41) is 3.54. The van der Waals surface area contributed by atoms with E-state index >= 15 is 0 Å². The van der Waals surface area contributed by atoms with Gasteiger partial charge in [-0.05, 0) is 52.5 Å². The highest BCUT2D eigenvalue weighted by molar-refractivity contribution is 5.68. The predicted octanol–water partition coefficient (Wildman–Crippen LogP) is 2.65. The predicted molar refractivity (Wildman–Crippen MR) is 84.5 cm³/mol. The average Bonchev–Trinajstić information content (AvgIpc) is 2.42. The number of methoxy groups -OCH3 is 1. The summed E-state index contributed by atoms with van der Waals surface area (Å²) in [4.78, 5) is 14.0. The molecule has 2 atom stereocenters. The average molecular weight is 300 g/mol. The lowest BCUT2D eigenvalue weighted by molar-refractivity contribution is 0.0163. The highest BCUT2D eigenvalue weighted by Crippen LogP contribution is 2.19. The summed E-state index contributed by atoms with van der Waals surface area (Å²) in [6, 6.07) is 0.395. The summed E-state index contributed by atoms with van der Waals surface area (Å²) in [5.41, 5.74) is -0.423. The van der Waals surface area contributed by atoms with Gasteiger partial charge in [-0.1, -0.05) is 6.92 Å². The van der Waals surface area contributed by atoms with Crippen molar-refractivity contribution in [2.75, 3.05) is 33.4 Å². The molecule has 2 unspecified atom stereocenters. The molecule has 1 aliphatic heterocycles. The topological polar surface area (TPSA) is 50.8 Å². The molecule has 0 bridgehead atoms. The summed E-state index contributed by atoms with van der Waals surface area (Å²) < 4.78 is 10.7. The lowest BCUT2D eigenvalue weighted by Gasteiger charge is -2.34. The third kappa shape index (κ3) is 7.14. The molecule has 0 aliphatic carbocycles. The normalized spacial score (nSPS) is 21.2. The van der Waals surface area contributed by atoms with Crippen LogP contribution in [-0.4, -0.2) is 56.0 Å². The van der Waals surface area contributed by atoms with Gasteiger partial charge in [0.15, 0.2) is 0 Å². The number of hydrogen-bond acceptors (Lipinski definition) is 4. The molecule has 1 N–H and O–H groups in total. The second-order valence-corrected chi connectivity index (χ2v) is 6.90. The SMILES string of the molecule is CCC(COC)NCC1CCCN(C(=O)OC(C)(C)C)C1. The van der Waals surface area contributed by atoms with Crippen molar-refractivity contribution < 1.29 is 14.3 Å². The van der Waals surface area contributed by atoms with Crippen LogP contribution in [0.25, 0.3) is 0 Å². The van der Waals surface area contributed by atoms with Crippen LogP contribution in [0.5, 0.6) is 0 Å². The van der Waals surface area contributed by atoms with Gasteiger partial charge in [0.05, 0.1) is 6.61 Å². The Morgan fingerprint density at radius 2 is 2.14 bits per heavy atom. The molecule has 5 heteroatoms. The van der Waals surface area contributed by atoms with E-state index in [4.69, 9.17) is 9.47 Å². The zero-order valence-corrected chi connectivity index (χ0v) is 14.3. The first-order valence-electron chi connectivity index (χ1n) is 8.06. The molecule has 0 saturated carbocycles. The van der Waals surface area contributed by atoms with Gasteiger partial charge in [-0.3, -0.25) is 0 Å². The summed E-state index contributed by atoms with van der Waals surface area (Å²) in [6.07, 6.45) is 3.08. The van der Waals surface area contributed by atoms with E-state index in [1.54, 1.807) is 7.11 Å². The minimum atomic E-state index is -0.423. The van der Waals surface area contributed by atoms with E-state index in [-0.39, 0.29) is 6.09 Å². The molecule has 1 saturated heterocycles. The van der Waals surface area contributed by atoms with Gasteiger partial charge < -0.3 is 19.7 Å². The van der Waals surface area contributed by atoms with Crippen LogP contribution in [0.1, 0.15) is 47.0 Å². The van der Waals surface area contributed by atoms with Gasteiger partial charge in [-0.25, -0.2) is 4.79 Å². The van der Waals surface area contributed by atoms with E-state index in [1.165, 1.54) is 0 Å². The van der Waals surface area contributed by atoms with Crippen molar-refractivity contribution in [1.82, 2.24) is 10.2 Å². The highest BCUT2D eigenvalue weighted by atomic mass is 16.6. The standard InChI is InChI=1S/C16H32N2O3/c1-6-14(12-20-5)17-10-13-8-7-9-18(11-13)15(19)21-16(2,3)4/h13-14,17H,6-12H2,1-5H3. The first-order valence-corrected chi connectivity index (χ1v) is 8.06. The molecule has 124 valence electrons. The molecule has 1 fully saturated rings. The van der Waals surface area contributed by atoms with E-state index in [0.29, 0.717) is 12.0 Å². The monoisotopic (exact) mass is 300 g/mol. The van der Waals surface area contributed by atoms with Crippen LogP contribution in [0.3, 0.4) is 0 Å². The Morgan fingerprint density at radius 3 is 2.71 bits per heavy atom. The maximum Gasteiger partial charge on any atom is 0.410 e. The Balaban J connectivity index is 2.39. The molecular weight excluding hydrogens is 268 g/mol. The molecule has 1 heterocycles. The maximum absolute atomic E-state index is 12.1. The number of hydrogen-bond donors (Lipinski definition) is 1. The molecule has 1 aliphatic rings. The van der Waals surface area contributed by atoms with Crippen LogP contribution in [0, 0.1) is 5.92 Å². The summed E-state index contributed by atoms with van der Waals surface area (Å²) in [5.74, 6) is 0.497. The van der Waals surface area contributed by atoms with Crippen LogP contribution in [0.2, 0.25) is 0 Å². The van der Waals surface area contributed by atoms with E-state index in [9.17, 15) is 4.79 Å². The number of rotatable bonds is 6. The van der Waals surface area contributed by atoms with E-state index in [0.717, 1.165) is 45.5 Å². The van der Waals surface area contributed by atoms with Crippen LogP contribution < -0.4 is 5.32 Å². The van der Waals surface area contributed by atoms with Crippen LogP contribution in [0.15, 0.2) is 0 Å². The van der Waals surface area contributed by atoms with Crippen molar-refractivity contribution in [2.24, 2.45) is 5.92 Å². The Bertz CT molecular complexity index is 315. The molecule has 0 aromatic heterocycles. The number of carbonyl (C=O) groups is 1. The smallest absolute Gasteiger partial charge is 0.410 e. The van der Waals surface area contributed by atoms with Gasteiger partial charge in [0.2, 0.25) is 0 Å². The largest absolute Gasteiger partial charge is 0.444 e. The number of carbonyl (C=O) groups excluding carboxylic acids is 1. The summed E-state index contributed by atoms with van der Waals surface area (Å²) in [6.45, 7) is 11.1. The van der Waals surface area contributed by atoms with Gasteiger partial charge >= 0.3 is 6.09 Å². The molecule has 1 amide bonds. The van der Waals surface area contributed by atoms with Crippen molar-refractivity contribution >= 4 is 6.09 Å². The number of nitrogens with one attached hydrogen (secondary N) is 1. The van der Waals surface area contributed by atoms with Crippen molar-refractivity contribution in [3.8, 4) is 0 Å². The molecule has 0 aromatic carbocycles. The maximum atomic E-state index is 12.1. The van der Waals surface area contributed by atoms with Crippen LogP contribution >= 0.6 is 0 Å². The zero-order valence-electron chi connectivity index (χ0n) is 14.3. The molecule has 21 heavy (non-hydrogen) atoms. The number of piperidine rings is 1. The molecule has 5 nitrogen and oxygen atoms in total. The van der Waals surface area contributed by atoms with E-state index in [2.05, 4.69) is 12.2 Å². The zero-order chi connectivity index (χ0) is 15.9. The fraction of sp³-hybridized carbons (Fsp3) is 0.938. The molecule has 0 aromatic rings. The first kappa shape index (κ1) is 18.2. The first-order chi connectivity index (χ1) is 9.85. The van der Waals surface area contributed by atoms with E-state index < -0.39 is 5.60 Å². The highest BCUT2D eigenvalue weighted by Gasteiger charge is 2.27. The molecule has 0 radical (unpaired) electrons. The quantitative estimate of drug-likeness (QED) is 0.819. The number of likely N-dealkylation sites (tertiary alicyclic amines) is 1. The van der Waals surface area contributed by atoms with Crippen LogP contribution in [-0.2, 0) is 9.47 Å². The summed E-state index contributed by atoms with van der Waals surface area (Å²) in [7, 11) is 1.73. The number of nitrogens with zero attached hydrogens (tertiary/aromatic N) is 1. The third-order valence-corrected chi connectivity index (χ3v) is 3.73. The van der Waals surface area contributed by atoms with Crippen molar-refractivity contribution in [3.63, 3.8) is 0 Å². The minimum absolute atomic E-state index is 0.184. The van der Waals surface area contributed by atoms with Gasteiger partial charge in [-0.15, -0.1) is 0 Å². The second kappa shape index (κ2) is 8.59. The Hall–Kier alpha value is -0.810. The van der Waals surface area contributed by atoms with Crippen molar-refractivity contribution in [2.45, 2.75) is 58.6 Å². The molecule has 0 spiro atoms. The van der Waals surface area contributed by atoms with Gasteiger partial charge in [0.25, 0.3) is 0 Å². The Kier molecular flexibility index (Phi) is 7.46. The third-order valence-electron chi connectivity index (χ3n) is 3.73.